The summed E-state index contributed by atoms with van der Waals surface area (Å²) in [7, 11) is 1.63. The molecule has 0 bridgehead atoms. The fourth-order valence-corrected chi connectivity index (χ4v) is 3.60. The number of carbonyl (C=O) groups excluding carboxylic acids is 1. The van der Waals surface area contributed by atoms with E-state index in [4.69, 9.17) is 9.47 Å². The van der Waals surface area contributed by atoms with Crippen LogP contribution in [0.4, 0.5) is 5.69 Å². The zero-order valence-electron chi connectivity index (χ0n) is 18.6. The van der Waals surface area contributed by atoms with Gasteiger partial charge in [-0.15, -0.1) is 0 Å². The molecule has 0 aliphatic heterocycles. The van der Waals surface area contributed by atoms with Crippen molar-refractivity contribution in [3.8, 4) is 11.5 Å². The summed E-state index contributed by atoms with van der Waals surface area (Å²) < 4.78 is 14.1. The van der Waals surface area contributed by atoms with Gasteiger partial charge in [0.25, 0.3) is 0 Å². The Bertz CT molecular complexity index is 1270. The summed E-state index contributed by atoms with van der Waals surface area (Å²) in [6.07, 6.45) is 6.69. The summed E-state index contributed by atoms with van der Waals surface area (Å²) in [4.78, 5) is 12.4. The fourth-order valence-electron chi connectivity index (χ4n) is 3.34. The highest BCUT2D eigenvalue weighted by atomic mass is 79.9. The number of rotatable bonds is 9. The third-order valence-corrected chi connectivity index (χ3v) is 5.56. The Kier molecular flexibility index (Phi) is 7.78. The molecule has 0 aliphatic rings. The third kappa shape index (κ3) is 6.59. The molecule has 1 amide bonds. The minimum absolute atomic E-state index is 0.235. The minimum Gasteiger partial charge on any atom is -0.496 e. The van der Waals surface area contributed by atoms with E-state index >= 15 is 0 Å². The van der Waals surface area contributed by atoms with E-state index in [1.54, 1.807) is 30.3 Å². The molecule has 0 aliphatic carbocycles. The Labute approximate surface area is 207 Å². The Morgan fingerprint density at radius 3 is 2.65 bits per heavy atom. The molecule has 1 N–H and O–H groups in total. The third-order valence-electron chi connectivity index (χ3n) is 5.03. The first-order chi connectivity index (χ1) is 16.6. The van der Waals surface area contributed by atoms with E-state index < -0.39 is 0 Å². The molecule has 4 rings (SSSR count). The first-order valence-electron chi connectivity index (χ1n) is 10.7. The zero-order chi connectivity index (χ0) is 23.8. The number of hydrogen-bond acceptors (Lipinski definition) is 4. The summed E-state index contributed by atoms with van der Waals surface area (Å²) >= 11 is 3.43. The highest BCUT2D eigenvalue weighted by Crippen LogP contribution is 2.23. The van der Waals surface area contributed by atoms with Crippen molar-refractivity contribution in [1.82, 2.24) is 9.78 Å². The van der Waals surface area contributed by atoms with Crippen LogP contribution in [0.25, 0.3) is 6.08 Å². The van der Waals surface area contributed by atoms with Gasteiger partial charge in [0.05, 0.1) is 25.5 Å². The van der Waals surface area contributed by atoms with Crippen LogP contribution in [0.1, 0.15) is 16.7 Å². The number of benzene rings is 3. The van der Waals surface area contributed by atoms with Crippen LogP contribution in [0.3, 0.4) is 0 Å². The number of hydrogen-bond donors (Lipinski definition) is 1. The normalized spacial score (nSPS) is 10.9. The van der Waals surface area contributed by atoms with Gasteiger partial charge in [-0.25, -0.2) is 0 Å². The number of amides is 1. The molecule has 7 heteroatoms. The second-order valence-corrected chi connectivity index (χ2v) is 8.46. The lowest BCUT2D eigenvalue weighted by molar-refractivity contribution is -0.111. The van der Waals surface area contributed by atoms with Crippen molar-refractivity contribution in [2.75, 3.05) is 12.4 Å². The summed E-state index contributed by atoms with van der Waals surface area (Å²) in [5, 5.41) is 7.17. The van der Waals surface area contributed by atoms with Crippen LogP contribution in [0, 0.1) is 0 Å². The van der Waals surface area contributed by atoms with Crippen molar-refractivity contribution in [1.29, 1.82) is 0 Å². The van der Waals surface area contributed by atoms with Gasteiger partial charge in [-0.2, -0.15) is 5.10 Å². The second-order valence-electron chi connectivity index (χ2n) is 7.55. The number of carbonyl (C=O) groups is 1. The molecule has 0 radical (unpaired) electrons. The lowest BCUT2D eigenvalue weighted by Crippen LogP contribution is -2.07. The van der Waals surface area contributed by atoms with E-state index in [0.29, 0.717) is 18.8 Å². The van der Waals surface area contributed by atoms with Crippen molar-refractivity contribution in [2.45, 2.75) is 13.2 Å². The number of para-hydroxylation sites is 1. The van der Waals surface area contributed by atoms with Gasteiger partial charge in [-0.05, 0) is 53.6 Å². The van der Waals surface area contributed by atoms with Crippen LogP contribution in [0.15, 0.2) is 95.7 Å². The molecule has 0 unspecified atom stereocenters. The Balaban J connectivity index is 1.36. The molecule has 4 aromatic rings. The predicted octanol–water partition coefficient (Wildman–Crippen LogP) is 5.93. The smallest absolute Gasteiger partial charge is 0.248 e. The lowest BCUT2D eigenvalue weighted by Gasteiger charge is -2.11. The van der Waals surface area contributed by atoms with E-state index in [1.165, 1.54) is 6.08 Å². The molecule has 0 fully saturated rings. The molecule has 3 aromatic carbocycles. The van der Waals surface area contributed by atoms with Gasteiger partial charge in [0, 0.05) is 22.3 Å². The number of nitrogens with one attached hydrogen (secondary N) is 1. The van der Waals surface area contributed by atoms with Gasteiger partial charge >= 0.3 is 0 Å². The fraction of sp³-hybridized carbons (Fsp3) is 0.111. The quantitative estimate of drug-likeness (QED) is 0.279. The second kappa shape index (κ2) is 11.3. The monoisotopic (exact) mass is 517 g/mol. The van der Waals surface area contributed by atoms with E-state index in [2.05, 4.69) is 26.3 Å². The minimum atomic E-state index is -0.235. The average molecular weight is 518 g/mol. The van der Waals surface area contributed by atoms with Crippen molar-refractivity contribution < 1.29 is 14.3 Å². The van der Waals surface area contributed by atoms with E-state index in [-0.39, 0.29) is 5.91 Å². The first-order valence-corrected chi connectivity index (χ1v) is 11.5. The molecule has 0 atom stereocenters. The zero-order valence-corrected chi connectivity index (χ0v) is 20.2. The number of aromatic nitrogens is 2. The standard InChI is InChI=1S/C27H24BrN3O3/c1-33-26-13-9-20(15-22(26)19-34-25-5-3-2-4-6-25)10-14-27(32)30-24-16-29-31(18-24)17-21-7-11-23(28)12-8-21/h2-16,18H,17,19H2,1H3,(H,30,32)/b14-10+. The number of halogens is 1. The number of anilines is 1. The summed E-state index contributed by atoms with van der Waals surface area (Å²) in [5.41, 5.74) is 3.52. The van der Waals surface area contributed by atoms with E-state index in [0.717, 1.165) is 32.7 Å². The van der Waals surface area contributed by atoms with Gasteiger partial charge in [-0.3, -0.25) is 9.48 Å². The molecule has 6 nitrogen and oxygen atoms in total. The molecular formula is C27H24BrN3O3. The molecule has 1 heterocycles. The van der Waals surface area contributed by atoms with Crippen molar-refractivity contribution in [3.63, 3.8) is 0 Å². The van der Waals surface area contributed by atoms with Crippen LogP contribution >= 0.6 is 15.9 Å². The maximum absolute atomic E-state index is 12.4. The van der Waals surface area contributed by atoms with Crippen LogP contribution in [0.2, 0.25) is 0 Å². The predicted molar refractivity (Wildman–Crippen MR) is 137 cm³/mol. The molecule has 0 saturated heterocycles. The first kappa shape index (κ1) is 23.3. The van der Waals surface area contributed by atoms with Crippen LogP contribution in [-0.2, 0) is 17.9 Å². The van der Waals surface area contributed by atoms with E-state index in [9.17, 15) is 4.79 Å². The molecule has 0 saturated carbocycles. The molecule has 34 heavy (non-hydrogen) atoms. The van der Waals surface area contributed by atoms with Crippen LogP contribution in [0.5, 0.6) is 11.5 Å². The number of nitrogens with zero attached hydrogens (tertiary/aromatic N) is 2. The van der Waals surface area contributed by atoms with Crippen molar-refractivity contribution in [2.24, 2.45) is 0 Å². The summed E-state index contributed by atoms with van der Waals surface area (Å²) in [6, 6.07) is 23.3. The van der Waals surface area contributed by atoms with Crippen LogP contribution in [-0.4, -0.2) is 22.8 Å². The van der Waals surface area contributed by atoms with Gasteiger partial charge in [0.15, 0.2) is 0 Å². The highest BCUT2D eigenvalue weighted by molar-refractivity contribution is 9.10. The Morgan fingerprint density at radius 2 is 1.88 bits per heavy atom. The van der Waals surface area contributed by atoms with Gasteiger partial charge in [0.2, 0.25) is 5.91 Å². The Morgan fingerprint density at radius 1 is 1.09 bits per heavy atom. The van der Waals surface area contributed by atoms with Gasteiger partial charge in [-0.1, -0.05) is 52.3 Å². The van der Waals surface area contributed by atoms with Gasteiger partial charge in [0.1, 0.15) is 18.1 Å². The van der Waals surface area contributed by atoms with E-state index in [1.807, 2.05) is 72.8 Å². The summed E-state index contributed by atoms with van der Waals surface area (Å²) in [6.45, 7) is 0.983. The lowest BCUT2D eigenvalue weighted by atomic mass is 10.1. The largest absolute Gasteiger partial charge is 0.496 e. The van der Waals surface area contributed by atoms with Crippen LogP contribution < -0.4 is 14.8 Å². The molecular weight excluding hydrogens is 494 g/mol. The number of methoxy groups -OCH3 is 1. The molecule has 172 valence electrons. The topological polar surface area (TPSA) is 65.4 Å². The van der Waals surface area contributed by atoms with Crippen molar-refractivity contribution in [3.05, 3.63) is 112 Å². The highest BCUT2D eigenvalue weighted by Gasteiger charge is 2.06. The van der Waals surface area contributed by atoms with Crippen molar-refractivity contribution >= 4 is 33.6 Å². The SMILES string of the molecule is COc1ccc(/C=C/C(=O)Nc2cnn(Cc3ccc(Br)cc3)c2)cc1COc1ccccc1. The maximum Gasteiger partial charge on any atom is 0.248 e. The summed E-state index contributed by atoms with van der Waals surface area (Å²) in [5.74, 6) is 1.28. The van der Waals surface area contributed by atoms with Gasteiger partial charge < -0.3 is 14.8 Å². The number of ether oxygens (including phenoxy) is 2. The average Bonchev–Trinajstić information content (AvgIpc) is 3.30. The molecule has 1 aromatic heterocycles. The molecule has 0 spiro atoms. The maximum atomic E-state index is 12.4. The Hall–Kier alpha value is -3.84.